The Hall–Kier alpha value is -3.04. The van der Waals surface area contributed by atoms with Crippen molar-refractivity contribution in [2.45, 2.75) is 37.6 Å². The highest BCUT2D eigenvalue weighted by molar-refractivity contribution is 5.95. The van der Waals surface area contributed by atoms with Gasteiger partial charge in [0, 0.05) is 41.4 Å². The van der Waals surface area contributed by atoms with E-state index in [9.17, 15) is 18.7 Å². The number of nitrogens with zero attached hydrogens (tertiary/aromatic N) is 3. The van der Waals surface area contributed by atoms with Crippen molar-refractivity contribution >= 4 is 16.9 Å². The number of aromatic nitrogens is 2. The van der Waals surface area contributed by atoms with Crippen LogP contribution < -0.4 is 4.74 Å². The zero-order valence-electron chi connectivity index (χ0n) is 19.8. The third-order valence-corrected chi connectivity index (χ3v) is 7.38. The van der Waals surface area contributed by atoms with Crippen molar-refractivity contribution in [3.05, 3.63) is 47.8 Å². The number of rotatable bonds is 6. The van der Waals surface area contributed by atoms with Gasteiger partial charge in [-0.2, -0.15) is 0 Å². The van der Waals surface area contributed by atoms with E-state index in [0.717, 1.165) is 74.1 Å². The van der Waals surface area contributed by atoms with Gasteiger partial charge in [-0.25, -0.2) is 13.8 Å². The van der Waals surface area contributed by atoms with Gasteiger partial charge in [-0.3, -0.25) is 9.69 Å². The minimum Gasteiger partial charge on any atom is -0.496 e. The SMILES string of the molecule is COc1cc(F)c(F)cc1-c1ccnc2[nH]c(C3CCN(CC(=O)N4CCC[C@H]4CO)CC3)cc12. The summed E-state index contributed by atoms with van der Waals surface area (Å²) in [5.74, 6) is -1.24. The van der Waals surface area contributed by atoms with Gasteiger partial charge in [0.1, 0.15) is 11.4 Å². The predicted octanol–water partition coefficient (Wildman–Crippen LogP) is 3.68. The number of aliphatic hydroxyl groups excluding tert-OH is 1. The summed E-state index contributed by atoms with van der Waals surface area (Å²) in [5.41, 5.74) is 2.93. The van der Waals surface area contributed by atoms with Crippen molar-refractivity contribution in [1.82, 2.24) is 19.8 Å². The fourth-order valence-electron chi connectivity index (χ4n) is 5.45. The molecule has 2 aromatic heterocycles. The number of H-pyrrole nitrogens is 1. The molecule has 0 bridgehead atoms. The molecule has 2 aliphatic rings. The number of nitrogens with one attached hydrogen (secondary N) is 1. The Morgan fingerprint density at radius 3 is 2.66 bits per heavy atom. The van der Waals surface area contributed by atoms with Crippen LogP contribution in [-0.4, -0.2) is 76.7 Å². The van der Waals surface area contributed by atoms with Gasteiger partial charge in [0.2, 0.25) is 5.91 Å². The zero-order chi connectivity index (χ0) is 24.5. The molecule has 2 saturated heterocycles. The molecule has 0 spiro atoms. The number of methoxy groups -OCH3 is 1. The zero-order valence-corrected chi connectivity index (χ0v) is 19.8. The molecule has 1 atom stereocenters. The predicted molar refractivity (Wildman–Crippen MR) is 128 cm³/mol. The van der Waals surface area contributed by atoms with Gasteiger partial charge < -0.3 is 19.7 Å². The maximum Gasteiger partial charge on any atom is 0.237 e. The number of halogens is 2. The molecule has 0 unspecified atom stereocenters. The standard InChI is InChI=1S/C26H30F2N4O3/c1-35-24-13-22(28)21(27)11-19(24)18-4-7-29-26-20(18)12-23(30-26)16-5-9-31(10-6-16)14-25(34)32-8-2-3-17(32)15-33/h4,7,11-13,16-17,33H,2-3,5-6,8-10,14-15H2,1H3,(H,29,30)/t17-/m0/s1. The van der Waals surface area contributed by atoms with Crippen molar-refractivity contribution in [2.75, 3.05) is 39.9 Å². The van der Waals surface area contributed by atoms with Crippen LogP contribution >= 0.6 is 0 Å². The van der Waals surface area contributed by atoms with E-state index in [1.807, 2.05) is 11.0 Å². The number of carbonyl (C=O) groups excluding carboxylic acids is 1. The lowest BCUT2D eigenvalue weighted by atomic mass is 9.93. The summed E-state index contributed by atoms with van der Waals surface area (Å²) in [4.78, 5) is 24.6. The van der Waals surface area contributed by atoms with E-state index in [-0.39, 0.29) is 30.2 Å². The van der Waals surface area contributed by atoms with Crippen LogP contribution in [0.2, 0.25) is 0 Å². The Labute approximate surface area is 202 Å². The summed E-state index contributed by atoms with van der Waals surface area (Å²) >= 11 is 0. The number of likely N-dealkylation sites (tertiary alicyclic amines) is 2. The number of carbonyl (C=O) groups is 1. The Bertz CT molecular complexity index is 1220. The number of piperidine rings is 1. The third kappa shape index (κ3) is 4.62. The summed E-state index contributed by atoms with van der Waals surface area (Å²) in [6.45, 7) is 2.76. The molecule has 1 amide bonds. The lowest BCUT2D eigenvalue weighted by Crippen LogP contribution is -2.45. The Balaban J connectivity index is 1.31. The fourth-order valence-corrected chi connectivity index (χ4v) is 5.45. The van der Waals surface area contributed by atoms with Crippen molar-refractivity contribution in [3.63, 3.8) is 0 Å². The largest absolute Gasteiger partial charge is 0.496 e. The topological polar surface area (TPSA) is 81.7 Å². The molecule has 9 heteroatoms. The minimum atomic E-state index is -0.951. The van der Waals surface area contributed by atoms with Gasteiger partial charge in [0.25, 0.3) is 0 Å². The lowest BCUT2D eigenvalue weighted by Gasteiger charge is -2.33. The molecule has 0 radical (unpaired) electrons. The Kier molecular flexibility index (Phi) is 6.71. The molecule has 2 N–H and O–H groups in total. The smallest absolute Gasteiger partial charge is 0.237 e. The van der Waals surface area contributed by atoms with Crippen LogP contribution in [0.4, 0.5) is 8.78 Å². The summed E-state index contributed by atoms with van der Waals surface area (Å²) in [5, 5.41) is 10.3. The van der Waals surface area contributed by atoms with E-state index < -0.39 is 11.6 Å². The number of hydrogen-bond donors (Lipinski definition) is 2. The van der Waals surface area contributed by atoms with Crippen molar-refractivity contribution in [1.29, 1.82) is 0 Å². The molecule has 2 fully saturated rings. The van der Waals surface area contributed by atoms with E-state index in [2.05, 4.69) is 14.9 Å². The monoisotopic (exact) mass is 484 g/mol. The van der Waals surface area contributed by atoms with Crippen molar-refractivity contribution < 1.29 is 23.4 Å². The number of hydrogen-bond acceptors (Lipinski definition) is 5. The van der Waals surface area contributed by atoms with Crippen LogP contribution in [0.25, 0.3) is 22.2 Å². The first-order valence-electron chi connectivity index (χ1n) is 12.1. The number of aromatic amines is 1. The van der Waals surface area contributed by atoms with Gasteiger partial charge in [-0.1, -0.05) is 0 Å². The molecule has 2 aliphatic heterocycles. The molecule has 3 aromatic rings. The molecule has 0 aliphatic carbocycles. The van der Waals surface area contributed by atoms with E-state index >= 15 is 0 Å². The van der Waals surface area contributed by atoms with E-state index in [0.29, 0.717) is 17.8 Å². The average Bonchev–Trinajstić information content (AvgIpc) is 3.53. The third-order valence-electron chi connectivity index (χ3n) is 7.38. The summed E-state index contributed by atoms with van der Waals surface area (Å²) in [6, 6.07) is 6.00. The maximum atomic E-state index is 14.0. The number of fused-ring (bicyclic) bond motifs is 1. The van der Waals surface area contributed by atoms with E-state index in [1.165, 1.54) is 7.11 Å². The normalized spacial score (nSPS) is 19.5. The number of benzene rings is 1. The van der Waals surface area contributed by atoms with Crippen LogP contribution in [0.3, 0.4) is 0 Å². The second kappa shape index (κ2) is 9.91. The number of aliphatic hydroxyl groups is 1. The highest BCUT2D eigenvalue weighted by atomic mass is 19.2. The first-order valence-corrected chi connectivity index (χ1v) is 12.1. The molecular formula is C26H30F2N4O3. The van der Waals surface area contributed by atoms with Crippen LogP contribution in [0, 0.1) is 11.6 Å². The van der Waals surface area contributed by atoms with Crippen LogP contribution in [-0.2, 0) is 4.79 Å². The quantitative estimate of drug-likeness (QED) is 0.558. The minimum absolute atomic E-state index is 0.0284. The van der Waals surface area contributed by atoms with Gasteiger partial charge in [0.15, 0.2) is 11.6 Å². The van der Waals surface area contributed by atoms with Gasteiger partial charge in [-0.05, 0) is 62.5 Å². The molecule has 7 nitrogen and oxygen atoms in total. The molecule has 35 heavy (non-hydrogen) atoms. The lowest BCUT2D eigenvalue weighted by molar-refractivity contribution is -0.134. The van der Waals surface area contributed by atoms with Gasteiger partial charge in [0.05, 0.1) is 26.3 Å². The average molecular weight is 485 g/mol. The number of amides is 1. The summed E-state index contributed by atoms with van der Waals surface area (Å²) < 4.78 is 33.1. The molecule has 0 saturated carbocycles. The summed E-state index contributed by atoms with van der Waals surface area (Å²) in [7, 11) is 1.43. The Morgan fingerprint density at radius 1 is 1.14 bits per heavy atom. The highest BCUT2D eigenvalue weighted by Gasteiger charge is 2.30. The molecule has 186 valence electrons. The second-order valence-electron chi connectivity index (χ2n) is 9.43. The first kappa shape index (κ1) is 23.7. The molecule has 4 heterocycles. The van der Waals surface area contributed by atoms with E-state index in [1.54, 1.807) is 12.3 Å². The molecule has 1 aromatic carbocycles. The highest BCUT2D eigenvalue weighted by Crippen LogP contribution is 2.38. The fraction of sp³-hybridized carbons (Fsp3) is 0.462. The van der Waals surface area contributed by atoms with Crippen LogP contribution in [0.5, 0.6) is 5.75 Å². The first-order chi connectivity index (χ1) is 17.0. The van der Waals surface area contributed by atoms with Gasteiger partial charge >= 0.3 is 0 Å². The molecule has 5 rings (SSSR count). The maximum absolute atomic E-state index is 14.0. The van der Waals surface area contributed by atoms with E-state index in [4.69, 9.17) is 4.74 Å². The number of pyridine rings is 1. The second-order valence-corrected chi connectivity index (χ2v) is 9.43. The Morgan fingerprint density at radius 2 is 1.91 bits per heavy atom. The molecular weight excluding hydrogens is 454 g/mol. The van der Waals surface area contributed by atoms with Crippen LogP contribution in [0.15, 0.2) is 30.5 Å². The van der Waals surface area contributed by atoms with Gasteiger partial charge in [-0.15, -0.1) is 0 Å². The van der Waals surface area contributed by atoms with Crippen molar-refractivity contribution in [3.8, 4) is 16.9 Å². The number of ether oxygens (including phenoxy) is 1. The van der Waals surface area contributed by atoms with Crippen LogP contribution in [0.1, 0.15) is 37.3 Å². The summed E-state index contributed by atoms with van der Waals surface area (Å²) in [6.07, 6.45) is 5.26. The van der Waals surface area contributed by atoms with Crippen molar-refractivity contribution in [2.24, 2.45) is 0 Å².